The minimum absolute atomic E-state index is 0.321. The van der Waals surface area contributed by atoms with E-state index in [1.807, 2.05) is 24.5 Å². The standard InChI is InChI=1S/C17H23N3O/c1-5-17-18-10-14(11-19-17)12-20(3)13(2)15-6-8-16(21-4)9-7-15/h6-11,13H,5,12H2,1-4H3. The molecule has 1 atom stereocenters. The average molecular weight is 285 g/mol. The van der Waals surface area contributed by atoms with Crippen LogP contribution in [-0.2, 0) is 13.0 Å². The third-order valence-electron chi connectivity index (χ3n) is 3.77. The molecular weight excluding hydrogens is 262 g/mol. The zero-order valence-corrected chi connectivity index (χ0v) is 13.2. The third kappa shape index (κ3) is 4.02. The minimum Gasteiger partial charge on any atom is -0.497 e. The fourth-order valence-electron chi connectivity index (χ4n) is 2.21. The fraction of sp³-hybridized carbons (Fsp3) is 0.412. The Morgan fingerprint density at radius 3 is 2.29 bits per heavy atom. The van der Waals surface area contributed by atoms with Gasteiger partial charge in [-0.05, 0) is 31.7 Å². The van der Waals surface area contributed by atoms with Crippen molar-refractivity contribution in [1.82, 2.24) is 14.9 Å². The number of rotatable bonds is 6. The molecule has 0 bridgehead atoms. The van der Waals surface area contributed by atoms with Gasteiger partial charge in [0.05, 0.1) is 7.11 Å². The maximum absolute atomic E-state index is 5.20. The van der Waals surface area contributed by atoms with E-state index in [1.165, 1.54) is 5.56 Å². The van der Waals surface area contributed by atoms with Crippen molar-refractivity contribution in [3.8, 4) is 5.75 Å². The Bertz CT molecular complexity index is 551. The SMILES string of the molecule is CCc1ncc(CN(C)C(C)c2ccc(OC)cc2)cn1. The highest BCUT2D eigenvalue weighted by Crippen LogP contribution is 2.22. The Balaban J connectivity index is 2.01. The number of aryl methyl sites for hydroxylation is 1. The summed E-state index contributed by atoms with van der Waals surface area (Å²) in [5.74, 6) is 1.78. The van der Waals surface area contributed by atoms with Crippen LogP contribution in [0.25, 0.3) is 0 Å². The Labute approximate surface area is 126 Å². The zero-order chi connectivity index (χ0) is 15.2. The van der Waals surface area contributed by atoms with Crippen LogP contribution >= 0.6 is 0 Å². The van der Waals surface area contributed by atoms with E-state index in [2.05, 4.69) is 47.9 Å². The summed E-state index contributed by atoms with van der Waals surface area (Å²) in [6.07, 6.45) is 4.71. The van der Waals surface area contributed by atoms with Crippen molar-refractivity contribution in [3.63, 3.8) is 0 Å². The first kappa shape index (κ1) is 15.4. The Morgan fingerprint density at radius 1 is 1.14 bits per heavy atom. The molecule has 1 heterocycles. The molecule has 112 valence electrons. The van der Waals surface area contributed by atoms with Crippen LogP contribution in [0.3, 0.4) is 0 Å². The summed E-state index contributed by atoms with van der Waals surface area (Å²) in [6.45, 7) is 5.09. The molecule has 0 amide bonds. The Morgan fingerprint density at radius 2 is 1.76 bits per heavy atom. The molecule has 21 heavy (non-hydrogen) atoms. The largest absolute Gasteiger partial charge is 0.497 e. The van der Waals surface area contributed by atoms with Gasteiger partial charge in [0.25, 0.3) is 0 Å². The molecule has 0 aliphatic rings. The summed E-state index contributed by atoms with van der Waals surface area (Å²) in [4.78, 5) is 11.0. The number of benzene rings is 1. The van der Waals surface area contributed by atoms with E-state index in [0.29, 0.717) is 6.04 Å². The van der Waals surface area contributed by atoms with Gasteiger partial charge >= 0.3 is 0 Å². The highest BCUT2D eigenvalue weighted by Gasteiger charge is 2.12. The Hall–Kier alpha value is -1.94. The molecule has 1 aromatic carbocycles. The van der Waals surface area contributed by atoms with Crippen molar-refractivity contribution in [2.75, 3.05) is 14.2 Å². The van der Waals surface area contributed by atoms with Crippen LogP contribution in [0.5, 0.6) is 5.75 Å². The average Bonchev–Trinajstić information content (AvgIpc) is 2.55. The van der Waals surface area contributed by atoms with Crippen LogP contribution in [0.4, 0.5) is 0 Å². The number of ether oxygens (including phenoxy) is 1. The van der Waals surface area contributed by atoms with E-state index in [-0.39, 0.29) is 0 Å². The molecule has 0 radical (unpaired) electrons. The third-order valence-corrected chi connectivity index (χ3v) is 3.77. The highest BCUT2D eigenvalue weighted by atomic mass is 16.5. The van der Waals surface area contributed by atoms with Crippen LogP contribution in [-0.4, -0.2) is 29.0 Å². The first-order valence-corrected chi connectivity index (χ1v) is 7.28. The van der Waals surface area contributed by atoms with Crippen molar-refractivity contribution in [2.45, 2.75) is 32.9 Å². The summed E-state index contributed by atoms with van der Waals surface area (Å²) in [5.41, 5.74) is 2.40. The smallest absolute Gasteiger partial charge is 0.127 e. The number of aromatic nitrogens is 2. The zero-order valence-electron chi connectivity index (χ0n) is 13.2. The normalized spacial score (nSPS) is 12.4. The lowest BCUT2D eigenvalue weighted by molar-refractivity contribution is 0.252. The van der Waals surface area contributed by atoms with Gasteiger partial charge in [-0.1, -0.05) is 19.1 Å². The van der Waals surface area contributed by atoms with Gasteiger partial charge in [-0.25, -0.2) is 9.97 Å². The van der Waals surface area contributed by atoms with Crippen LogP contribution in [0.2, 0.25) is 0 Å². The van der Waals surface area contributed by atoms with E-state index in [1.54, 1.807) is 7.11 Å². The lowest BCUT2D eigenvalue weighted by Gasteiger charge is -2.25. The van der Waals surface area contributed by atoms with Gasteiger partial charge < -0.3 is 4.74 Å². The van der Waals surface area contributed by atoms with Crippen LogP contribution in [0.1, 0.15) is 36.8 Å². The molecular formula is C17H23N3O. The molecule has 2 rings (SSSR count). The number of hydrogen-bond acceptors (Lipinski definition) is 4. The first-order valence-electron chi connectivity index (χ1n) is 7.28. The second-order valence-corrected chi connectivity index (χ2v) is 5.23. The van der Waals surface area contributed by atoms with Crippen LogP contribution in [0.15, 0.2) is 36.7 Å². The molecule has 0 aliphatic heterocycles. The van der Waals surface area contributed by atoms with Gasteiger partial charge in [-0.2, -0.15) is 0 Å². The van der Waals surface area contributed by atoms with Crippen molar-refractivity contribution in [3.05, 3.63) is 53.6 Å². The molecule has 1 aromatic heterocycles. The van der Waals surface area contributed by atoms with E-state index >= 15 is 0 Å². The van der Waals surface area contributed by atoms with Crippen molar-refractivity contribution in [2.24, 2.45) is 0 Å². The van der Waals surface area contributed by atoms with E-state index < -0.39 is 0 Å². The summed E-state index contributed by atoms with van der Waals surface area (Å²) >= 11 is 0. The molecule has 0 saturated carbocycles. The van der Waals surface area contributed by atoms with E-state index in [9.17, 15) is 0 Å². The number of methoxy groups -OCH3 is 1. The maximum Gasteiger partial charge on any atom is 0.127 e. The molecule has 1 unspecified atom stereocenters. The van der Waals surface area contributed by atoms with Gasteiger partial charge in [0.2, 0.25) is 0 Å². The van der Waals surface area contributed by atoms with Crippen LogP contribution < -0.4 is 4.74 Å². The van der Waals surface area contributed by atoms with Crippen molar-refractivity contribution < 1.29 is 4.74 Å². The minimum atomic E-state index is 0.321. The molecule has 0 aliphatic carbocycles. The lowest BCUT2D eigenvalue weighted by atomic mass is 10.1. The topological polar surface area (TPSA) is 38.2 Å². The van der Waals surface area contributed by atoms with Gasteiger partial charge in [-0.3, -0.25) is 4.90 Å². The fourth-order valence-corrected chi connectivity index (χ4v) is 2.21. The van der Waals surface area contributed by atoms with Crippen molar-refractivity contribution >= 4 is 0 Å². The molecule has 0 saturated heterocycles. The Kier molecular flexibility index (Phi) is 5.28. The van der Waals surface area contributed by atoms with Crippen molar-refractivity contribution in [1.29, 1.82) is 0 Å². The molecule has 0 fully saturated rings. The summed E-state index contributed by atoms with van der Waals surface area (Å²) < 4.78 is 5.20. The summed E-state index contributed by atoms with van der Waals surface area (Å²) in [5, 5.41) is 0. The van der Waals surface area contributed by atoms with Gasteiger partial charge in [0, 0.05) is 37.0 Å². The second kappa shape index (κ2) is 7.18. The summed E-state index contributed by atoms with van der Waals surface area (Å²) in [7, 11) is 3.80. The number of hydrogen-bond donors (Lipinski definition) is 0. The quantitative estimate of drug-likeness (QED) is 0.816. The van der Waals surface area contributed by atoms with Crippen LogP contribution in [0, 0.1) is 0 Å². The number of nitrogens with zero attached hydrogens (tertiary/aromatic N) is 3. The molecule has 4 heteroatoms. The monoisotopic (exact) mass is 285 g/mol. The predicted molar refractivity (Wildman–Crippen MR) is 84.3 cm³/mol. The first-order chi connectivity index (χ1) is 10.1. The molecule has 2 aromatic rings. The molecule has 0 N–H and O–H groups in total. The van der Waals surface area contributed by atoms with Gasteiger partial charge in [0.15, 0.2) is 0 Å². The lowest BCUT2D eigenvalue weighted by Crippen LogP contribution is -2.22. The summed E-state index contributed by atoms with van der Waals surface area (Å²) in [6, 6.07) is 8.53. The van der Waals surface area contributed by atoms with E-state index in [4.69, 9.17) is 4.74 Å². The highest BCUT2D eigenvalue weighted by molar-refractivity contribution is 5.28. The predicted octanol–water partition coefficient (Wildman–Crippen LogP) is 3.24. The van der Waals surface area contributed by atoms with Gasteiger partial charge in [-0.15, -0.1) is 0 Å². The van der Waals surface area contributed by atoms with Gasteiger partial charge in [0.1, 0.15) is 11.6 Å². The maximum atomic E-state index is 5.20. The second-order valence-electron chi connectivity index (χ2n) is 5.23. The molecule has 4 nitrogen and oxygen atoms in total. The molecule has 0 spiro atoms. The van der Waals surface area contributed by atoms with E-state index in [0.717, 1.165) is 30.1 Å².